The predicted octanol–water partition coefficient (Wildman–Crippen LogP) is 1.35. The summed E-state index contributed by atoms with van der Waals surface area (Å²) in [5, 5.41) is 12.6. The molecule has 9 nitrogen and oxygen atoms in total. The van der Waals surface area contributed by atoms with Crippen molar-refractivity contribution in [1.29, 1.82) is 0 Å². The van der Waals surface area contributed by atoms with Gasteiger partial charge in [0.15, 0.2) is 0 Å². The number of carbonyl (C=O) groups is 3. The van der Waals surface area contributed by atoms with Crippen molar-refractivity contribution in [2.45, 2.75) is 82.9 Å². The molecule has 2 aromatic carbocycles. The van der Waals surface area contributed by atoms with E-state index in [2.05, 4.69) is 37.9 Å². The van der Waals surface area contributed by atoms with Crippen LogP contribution in [0.15, 0.2) is 36.4 Å². The number of nitrogens with zero attached hydrogens (tertiary/aromatic N) is 2. The van der Waals surface area contributed by atoms with Gasteiger partial charge in [0.05, 0.1) is 11.2 Å². The number of amides is 2. The van der Waals surface area contributed by atoms with Gasteiger partial charge in [-0.3, -0.25) is 14.5 Å². The number of rotatable bonds is 13. The first-order valence-corrected chi connectivity index (χ1v) is 14.6. The van der Waals surface area contributed by atoms with Crippen molar-refractivity contribution >= 4 is 34.3 Å². The molecule has 12 heteroatoms. The van der Waals surface area contributed by atoms with E-state index in [1.165, 1.54) is 13.1 Å². The van der Waals surface area contributed by atoms with Gasteiger partial charge in [0.1, 0.15) is 40.2 Å². The minimum absolute atomic E-state index is 0.0851. The zero-order valence-corrected chi connectivity index (χ0v) is 26.6. The van der Waals surface area contributed by atoms with Gasteiger partial charge in [-0.2, -0.15) is 0 Å². The smallest absolute Gasteiger partial charge is 0.273 e. The number of aryl methyl sites for hydroxylation is 1. The molecule has 1 fully saturated rings. The van der Waals surface area contributed by atoms with Gasteiger partial charge in [0.2, 0.25) is 12.1 Å². The molecule has 1 unspecified atom stereocenters. The van der Waals surface area contributed by atoms with Crippen molar-refractivity contribution in [2.75, 3.05) is 20.1 Å². The Morgan fingerprint density at radius 1 is 1.19 bits per heavy atom. The lowest BCUT2D eigenvalue weighted by atomic mass is 9.55. The first-order valence-electron chi connectivity index (χ1n) is 14.6. The summed E-state index contributed by atoms with van der Waals surface area (Å²) in [6, 6.07) is 10.3. The molecular formula is C31H44B2FN3O6. The summed E-state index contributed by atoms with van der Waals surface area (Å²) >= 11 is 0. The van der Waals surface area contributed by atoms with Crippen LogP contribution in [0.2, 0.25) is 0 Å². The second-order valence-electron chi connectivity index (χ2n) is 13.1. The predicted molar refractivity (Wildman–Crippen MR) is 167 cm³/mol. The Bertz CT molecular complexity index is 1320. The van der Waals surface area contributed by atoms with Gasteiger partial charge in [-0.1, -0.05) is 18.2 Å². The van der Waals surface area contributed by atoms with Gasteiger partial charge in [0, 0.05) is 56.0 Å². The molecule has 3 rings (SSSR count). The molecule has 2 N–H and O–H groups in total. The number of halogens is 1. The molecule has 1 atom stereocenters. The number of hydrogen-bond acceptors (Lipinski definition) is 7. The Hall–Kier alpha value is -3.21. The second-order valence-corrected chi connectivity index (χ2v) is 13.1. The summed E-state index contributed by atoms with van der Waals surface area (Å²) in [6.07, 6.45) is 0.537. The van der Waals surface area contributed by atoms with Crippen molar-refractivity contribution in [2.24, 2.45) is 0 Å². The monoisotopic (exact) mass is 595 g/mol. The quantitative estimate of drug-likeness (QED) is 0.205. The second kappa shape index (κ2) is 13.2. The van der Waals surface area contributed by atoms with Gasteiger partial charge in [0.25, 0.3) is 5.91 Å². The van der Waals surface area contributed by atoms with E-state index in [4.69, 9.17) is 9.47 Å². The molecule has 0 aromatic heterocycles. The maximum absolute atomic E-state index is 15.0. The number of nitrogens with one attached hydrogen (secondary N) is 1. The van der Waals surface area contributed by atoms with Gasteiger partial charge in [-0.15, -0.1) is 0 Å². The third-order valence-corrected chi connectivity index (χ3v) is 7.81. The molecule has 0 bridgehead atoms. The highest BCUT2D eigenvalue weighted by Crippen LogP contribution is 2.37. The molecule has 1 heterocycles. The SMILES string of the molecule is BC(B)(c1c(C)cccc1OCc1cc(CN2CC(C)(C)OC(C)(C)C2)ccc1F)N(C=O)C(O)(CCC=O)C(=O)NC. The summed E-state index contributed by atoms with van der Waals surface area (Å²) in [5.74, 6) is -0.860. The van der Waals surface area contributed by atoms with Crippen LogP contribution < -0.4 is 10.1 Å². The number of carbonyl (C=O) groups excluding carboxylic acids is 3. The number of aldehydes is 1. The molecule has 1 saturated heterocycles. The zero-order valence-electron chi connectivity index (χ0n) is 26.6. The maximum Gasteiger partial charge on any atom is 0.273 e. The van der Waals surface area contributed by atoms with Crippen molar-refractivity contribution < 1.29 is 33.4 Å². The van der Waals surface area contributed by atoms with E-state index in [-0.39, 0.29) is 30.7 Å². The highest BCUT2D eigenvalue weighted by molar-refractivity contribution is 6.40. The highest BCUT2D eigenvalue weighted by Gasteiger charge is 2.48. The van der Waals surface area contributed by atoms with E-state index in [0.29, 0.717) is 36.1 Å². The maximum atomic E-state index is 15.0. The van der Waals surface area contributed by atoms with Gasteiger partial charge in [-0.25, -0.2) is 4.39 Å². The molecule has 0 aliphatic carbocycles. The lowest BCUT2D eigenvalue weighted by molar-refractivity contribution is -0.182. The summed E-state index contributed by atoms with van der Waals surface area (Å²) in [6.45, 7) is 12.1. The van der Waals surface area contributed by atoms with Crippen LogP contribution >= 0.6 is 0 Å². The van der Waals surface area contributed by atoms with E-state index in [1.807, 2.05) is 13.0 Å². The van der Waals surface area contributed by atoms with E-state index < -0.39 is 22.8 Å². The van der Waals surface area contributed by atoms with Gasteiger partial charge < -0.3 is 29.6 Å². The summed E-state index contributed by atoms with van der Waals surface area (Å²) in [4.78, 5) is 39.7. The molecule has 1 aliphatic heterocycles. The van der Waals surface area contributed by atoms with Gasteiger partial charge in [-0.05, 0) is 63.9 Å². The number of ether oxygens (including phenoxy) is 2. The summed E-state index contributed by atoms with van der Waals surface area (Å²) < 4.78 is 27.4. The molecule has 1 aliphatic rings. The number of benzene rings is 2. The van der Waals surface area contributed by atoms with Crippen LogP contribution in [-0.4, -0.2) is 86.3 Å². The highest BCUT2D eigenvalue weighted by atomic mass is 19.1. The fourth-order valence-electron chi connectivity index (χ4n) is 6.46. The van der Waals surface area contributed by atoms with Crippen LogP contribution in [-0.2, 0) is 37.6 Å². The minimum atomic E-state index is -2.30. The van der Waals surface area contributed by atoms with Crippen LogP contribution in [0.25, 0.3) is 0 Å². The number of hydrogen-bond donors (Lipinski definition) is 2. The molecule has 0 saturated carbocycles. The molecule has 0 spiro atoms. The number of aliphatic hydroxyl groups is 1. The fraction of sp³-hybridized carbons (Fsp3) is 0.516. The number of likely N-dealkylation sites (N-methyl/N-ethyl adjacent to an activating group) is 1. The summed E-state index contributed by atoms with van der Waals surface area (Å²) in [7, 11) is 4.70. The number of morpholine rings is 1. The molecule has 43 heavy (non-hydrogen) atoms. The minimum Gasteiger partial charge on any atom is -0.488 e. The Morgan fingerprint density at radius 3 is 2.42 bits per heavy atom. The Kier molecular flexibility index (Phi) is 10.5. The average molecular weight is 595 g/mol. The van der Waals surface area contributed by atoms with E-state index >= 15 is 4.39 Å². The first kappa shape index (κ1) is 34.3. The lowest BCUT2D eigenvalue weighted by Gasteiger charge is -2.47. The summed E-state index contributed by atoms with van der Waals surface area (Å²) in [5.41, 5.74) is -0.348. The van der Waals surface area contributed by atoms with Crippen molar-refractivity contribution in [3.63, 3.8) is 0 Å². The topological polar surface area (TPSA) is 108 Å². The van der Waals surface area contributed by atoms with Crippen molar-refractivity contribution in [3.05, 3.63) is 64.5 Å². The molecule has 2 amide bonds. The van der Waals surface area contributed by atoms with Crippen LogP contribution in [0.4, 0.5) is 4.39 Å². The molecule has 0 radical (unpaired) electrons. The molecule has 2 aromatic rings. The van der Waals surface area contributed by atoms with Crippen molar-refractivity contribution in [1.82, 2.24) is 15.1 Å². The third kappa shape index (κ3) is 7.85. The zero-order chi connectivity index (χ0) is 32.2. The van der Waals surface area contributed by atoms with E-state index in [1.54, 1.807) is 40.0 Å². The molecular weight excluding hydrogens is 551 g/mol. The average Bonchev–Trinajstić information content (AvgIpc) is 2.89. The van der Waals surface area contributed by atoms with Crippen LogP contribution in [0.3, 0.4) is 0 Å². The van der Waals surface area contributed by atoms with Crippen LogP contribution in [0.1, 0.15) is 62.8 Å². The van der Waals surface area contributed by atoms with E-state index in [9.17, 15) is 19.5 Å². The lowest BCUT2D eigenvalue weighted by Crippen LogP contribution is -2.65. The normalized spacial score (nSPS) is 17.9. The van der Waals surface area contributed by atoms with Gasteiger partial charge >= 0.3 is 0 Å². The fourth-order valence-corrected chi connectivity index (χ4v) is 6.46. The Balaban J connectivity index is 1.91. The molecule has 232 valence electrons. The van der Waals surface area contributed by atoms with Crippen molar-refractivity contribution in [3.8, 4) is 5.75 Å². The van der Waals surface area contributed by atoms with E-state index in [0.717, 1.165) is 29.1 Å². The third-order valence-electron chi connectivity index (χ3n) is 7.81. The first-order chi connectivity index (χ1) is 20.0. The Labute approximate surface area is 255 Å². The standard InChI is InChI=1S/C31H44B2FN3O6/c1-21-9-7-10-25(26(21)31(32,33)37(20-39)30(41,13-8-14-38)27(40)35-6)42-17-23-15-22(11-12-24(23)34)16-36-18-28(2,3)43-29(4,5)19-36/h7,9-12,14-15,20,41H,8,13,16-19,32-33H2,1-6H3,(H,35,40). The largest absolute Gasteiger partial charge is 0.488 e. The van der Waals surface area contributed by atoms with Crippen LogP contribution in [0.5, 0.6) is 5.75 Å². The van der Waals surface area contributed by atoms with Crippen LogP contribution in [0, 0.1) is 12.7 Å². The Morgan fingerprint density at radius 2 is 1.84 bits per heavy atom.